The van der Waals surface area contributed by atoms with Crippen molar-refractivity contribution in [3.63, 3.8) is 0 Å². The van der Waals surface area contributed by atoms with Gasteiger partial charge in [-0.2, -0.15) is 0 Å². The number of aromatic nitrogens is 2. The molecule has 0 saturated heterocycles. The molecule has 0 spiro atoms. The molecule has 3 rings (SSSR count). The molecule has 1 unspecified atom stereocenters. The first-order valence-corrected chi connectivity index (χ1v) is 7.33. The highest BCUT2D eigenvalue weighted by Crippen LogP contribution is 2.37. The van der Waals surface area contributed by atoms with Gasteiger partial charge in [0, 0.05) is 17.1 Å². The number of nitrogens with one attached hydrogen (secondary N) is 1. The first kappa shape index (κ1) is 13.2. The number of fused-ring (bicyclic) bond motifs is 1. The summed E-state index contributed by atoms with van der Waals surface area (Å²) in [4.78, 5) is 8.74. The van der Waals surface area contributed by atoms with E-state index in [9.17, 15) is 0 Å². The van der Waals surface area contributed by atoms with E-state index in [-0.39, 0.29) is 0 Å². The van der Waals surface area contributed by atoms with E-state index in [0.29, 0.717) is 11.5 Å². The van der Waals surface area contributed by atoms with E-state index in [1.165, 1.54) is 25.7 Å². The van der Waals surface area contributed by atoms with Gasteiger partial charge in [-0.3, -0.25) is 0 Å². The Bertz CT molecular complexity index is 621. The van der Waals surface area contributed by atoms with Crippen molar-refractivity contribution in [1.29, 1.82) is 0 Å². The quantitative estimate of drug-likeness (QED) is 0.818. The van der Waals surface area contributed by atoms with Crippen LogP contribution >= 0.6 is 0 Å². The van der Waals surface area contributed by atoms with Crippen molar-refractivity contribution in [2.45, 2.75) is 45.6 Å². The molecule has 106 valence electrons. The molecule has 2 aromatic rings. The smallest absolute Gasteiger partial charge is 0.137 e. The second kappa shape index (κ2) is 4.93. The van der Waals surface area contributed by atoms with E-state index in [4.69, 9.17) is 5.73 Å². The summed E-state index contributed by atoms with van der Waals surface area (Å²) >= 11 is 0. The van der Waals surface area contributed by atoms with Gasteiger partial charge in [-0.05, 0) is 36.5 Å². The second-order valence-electron chi connectivity index (χ2n) is 6.43. The zero-order valence-corrected chi connectivity index (χ0v) is 12.2. The molecule has 1 atom stereocenters. The summed E-state index contributed by atoms with van der Waals surface area (Å²) in [5.41, 5.74) is 7.88. The van der Waals surface area contributed by atoms with Gasteiger partial charge in [0.15, 0.2) is 0 Å². The van der Waals surface area contributed by atoms with Gasteiger partial charge in [0.2, 0.25) is 0 Å². The van der Waals surface area contributed by atoms with E-state index < -0.39 is 0 Å². The van der Waals surface area contributed by atoms with Gasteiger partial charge in [-0.1, -0.05) is 26.7 Å². The van der Waals surface area contributed by atoms with Crippen LogP contribution < -0.4 is 11.1 Å². The third kappa shape index (κ3) is 2.42. The lowest BCUT2D eigenvalue weighted by atomic mass is 9.73. The zero-order chi connectivity index (χ0) is 14.2. The van der Waals surface area contributed by atoms with Crippen molar-refractivity contribution in [2.24, 2.45) is 5.41 Å². The van der Waals surface area contributed by atoms with Crippen molar-refractivity contribution in [1.82, 2.24) is 9.97 Å². The molecule has 4 nitrogen and oxygen atoms in total. The number of hydrogen-bond donors (Lipinski definition) is 2. The Labute approximate surface area is 119 Å². The van der Waals surface area contributed by atoms with Crippen molar-refractivity contribution in [3.05, 3.63) is 24.5 Å². The van der Waals surface area contributed by atoms with Gasteiger partial charge in [0.1, 0.15) is 12.1 Å². The van der Waals surface area contributed by atoms with Crippen molar-refractivity contribution < 1.29 is 0 Å². The molecular formula is C16H22N4. The minimum Gasteiger partial charge on any atom is -0.399 e. The molecule has 1 aliphatic carbocycles. The number of hydrogen-bond acceptors (Lipinski definition) is 4. The first-order chi connectivity index (χ1) is 9.56. The highest BCUT2D eigenvalue weighted by atomic mass is 15.0. The van der Waals surface area contributed by atoms with Crippen LogP contribution in [0, 0.1) is 5.41 Å². The Morgan fingerprint density at radius 3 is 2.90 bits per heavy atom. The Balaban J connectivity index is 1.96. The molecule has 1 aromatic carbocycles. The summed E-state index contributed by atoms with van der Waals surface area (Å²) in [6.45, 7) is 4.67. The van der Waals surface area contributed by atoms with Crippen LogP contribution in [0.5, 0.6) is 0 Å². The van der Waals surface area contributed by atoms with Gasteiger partial charge in [0.25, 0.3) is 0 Å². The largest absolute Gasteiger partial charge is 0.399 e. The molecular weight excluding hydrogens is 248 g/mol. The van der Waals surface area contributed by atoms with Gasteiger partial charge in [-0.15, -0.1) is 0 Å². The average Bonchev–Trinajstić information content (AvgIpc) is 2.41. The van der Waals surface area contributed by atoms with Crippen LogP contribution in [0.2, 0.25) is 0 Å². The summed E-state index contributed by atoms with van der Waals surface area (Å²) < 4.78 is 0. The minimum absolute atomic E-state index is 0.301. The SMILES string of the molecule is CC1(C)CCCCC1Nc1ncnc2ccc(N)cc12. The molecule has 0 amide bonds. The Morgan fingerprint density at radius 1 is 1.25 bits per heavy atom. The Kier molecular flexibility index (Phi) is 3.24. The first-order valence-electron chi connectivity index (χ1n) is 7.33. The van der Waals surface area contributed by atoms with Crippen LogP contribution in [0.3, 0.4) is 0 Å². The predicted octanol–water partition coefficient (Wildman–Crippen LogP) is 3.59. The summed E-state index contributed by atoms with van der Waals surface area (Å²) in [6, 6.07) is 6.23. The minimum atomic E-state index is 0.301. The van der Waals surface area contributed by atoms with Crippen molar-refractivity contribution in [2.75, 3.05) is 11.1 Å². The molecule has 0 bridgehead atoms. The second-order valence-corrected chi connectivity index (χ2v) is 6.43. The van der Waals surface area contributed by atoms with E-state index in [1.54, 1.807) is 6.33 Å². The monoisotopic (exact) mass is 270 g/mol. The highest BCUT2D eigenvalue weighted by Gasteiger charge is 2.32. The third-order valence-electron chi connectivity index (χ3n) is 4.48. The standard InChI is InChI=1S/C16H22N4/c1-16(2)8-4-3-5-14(16)20-15-12-9-11(17)6-7-13(12)18-10-19-15/h6-7,9-10,14H,3-5,8,17H2,1-2H3,(H,18,19,20). The third-order valence-corrected chi connectivity index (χ3v) is 4.48. The molecule has 1 fully saturated rings. The molecule has 20 heavy (non-hydrogen) atoms. The molecule has 0 radical (unpaired) electrons. The van der Waals surface area contributed by atoms with Crippen LogP contribution in [0.1, 0.15) is 39.5 Å². The molecule has 1 aliphatic rings. The van der Waals surface area contributed by atoms with Crippen LogP contribution in [0.25, 0.3) is 10.9 Å². The Hall–Kier alpha value is -1.84. The fourth-order valence-corrected chi connectivity index (χ4v) is 3.12. The number of nitrogen functional groups attached to an aromatic ring is 1. The summed E-state index contributed by atoms with van der Waals surface area (Å²) in [5.74, 6) is 0.905. The number of anilines is 2. The lowest BCUT2D eigenvalue weighted by Crippen LogP contribution is -2.39. The zero-order valence-electron chi connectivity index (χ0n) is 12.2. The normalized spacial score (nSPS) is 21.8. The molecule has 3 N–H and O–H groups in total. The van der Waals surface area contributed by atoms with Crippen molar-refractivity contribution >= 4 is 22.4 Å². The summed E-state index contributed by atoms with van der Waals surface area (Å²) in [6.07, 6.45) is 6.68. The molecule has 1 saturated carbocycles. The topological polar surface area (TPSA) is 63.8 Å². The number of benzene rings is 1. The Morgan fingerprint density at radius 2 is 2.10 bits per heavy atom. The molecule has 0 aliphatic heterocycles. The van der Waals surface area contributed by atoms with Gasteiger partial charge in [-0.25, -0.2) is 9.97 Å². The maximum Gasteiger partial charge on any atom is 0.137 e. The molecule has 1 heterocycles. The van der Waals surface area contributed by atoms with Crippen LogP contribution in [0.15, 0.2) is 24.5 Å². The van der Waals surface area contributed by atoms with E-state index in [2.05, 4.69) is 29.1 Å². The maximum absolute atomic E-state index is 5.90. The van der Waals surface area contributed by atoms with E-state index >= 15 is 0 Å². The van der Waals surface area contributed by atoms with Crippen LogP contribution in [0.4, 0.5) is 11.5 Å². The van der Waals surface area contributed by atoms with E-state index in [1.807, 2.05) is 18.2 Å². The average molecular weight is 270 g/mol. The number of rotatable bonds is 2. The lowest BCUT2D eigenvalue weighted by Gasteiger charge is -2.39. The highest BCUT2D eigenvalue weighted by molar-refractivity contribution is 5.91. The number of nitrogens with two attached hydrogens (primary N) is 1. The lowest BCUT2D eigenvalue weighted by molar-refractivity contribution is 0.217. The number of nitrogens with zero attached hydrogens (tertiary/aromatic N) is 2. The van der Waals surface area contributed by atoms with Gasteiger partial charge in [0.05, 0.1) is 5.52 Å². The predicted molar refractivity (Wildman–Crippen MR) is 83.6 cm³/mol. The van der Waals surface area contributed by atoms with Crippen LogP contribution in [-0.4, -0.2) is 16.0 Å². The summed E-state index contributed by atoms with van der Waals surface area (Å²) in [7, 11) is 0. The fourth-order valence-electron chi connectivity index (χ4n) is 3.12. The van der Waals surface area contributed by atoms with Crippen molar-refractivity contribution in [3.8, 4) is 0 Å². The van der Waals surface area contributed by atoms with Gasteiger partial charge < -0.3 is 11.1 Å². The van der Waals surface area contributed by atoms with E-state index in [0.717, 1.165) is 22.4 Å². The maximum atomic E-state index is 5.90. The summed E-state index contributed by atoms with van der Waals surface area (Å²) in [5, 5.41) is 4.64. The molecule has 4 heteroatoms. The van der Waals surface area contributed by atoms with Gasteiger partial charge >= 0.3 is 0 Å². The molecule has 1 aromatic heterocycles. The van der Waals surface area contributed by atoms with Crippen LogP contribution in [-0.2, 0) is 0 Å². The fraction of sp³-hybridized carbons (Fsp3) is 0.500.